The van der Waals surface area contributed by atoms with Crippen LogP contribution in [0.1, 0.15) is 22.5 Å². The predicted molar refractivity (Wildman–Crippen MR) is 97.8 cm³/mol. The van der Waals surface area contributed by atoms with Gasteiger partial charge in [-0.05, 0) is 31.0 Å². The average molecular weight is 376 g/mol. The minimum atomic E-state index is -0.309. The number of carbonyl (C=O) groups excluding carboxylic acids is 2. The molecule has 0 aliphatic carbocycles. The van der Waals surface area contributed by atoms with Crippen LogP contribution in [0.25, 0.3) is 10.1 Å². The summed E-state index contributed by atoms with van der Waals surface area (Å²) in [6, 6.07) is 6.51. The number of thiophene rings is 1. The molecule has 4 rings (SSSR count). The van der Waals surface area contributed by atoms with Crippen LogP contribution in [-0.2, 0) is 9.53 Å². The van der Waals surface area contributed by atoms with Crippen LogP contribution in [0.5, 0.6) is 0 Å². The molecule has 7 heteroatoms. The number of halogens is 1. The van der Waals surface area contributed by atoms with Gasteiger partial charge in [0.15, 0.2) is 0 Å². The van der Waals surface area contributed by atoms with Crippen molar-refractivity contribution >= 4 is 33.2 Å². The Morgan fingerprint density at radius 1 is 1.15 bits per heavy atom. The van der Waals surface area contributed by atoms with Crippen molar-refractivity contribution in [2.75, 3.05) is 39.4 Å². The molecule has 5 nitrogen and oxygen atoms in total. The summed E-state index contributed by atoms with van der Waals surface area (Å²) in [5.74, 6) is -0.452. The molecule has 3 heterocycles. The summed E-state index contributed by atoms with van der Waals surface area (Å²) in [7, 11) is 0. The molecule has 0 N–H and O–H groups in total. The number of benzene rings is 1. The van der Waals surface area contributed by atoms with Crippen LogP contribution in [-0.4, -0.2) is 61.0 Å². The number of nitrogens with zero attached hydrogens (tertiary/aromatic N) is 2. The van der Waals surface area contributed by atoms with Crippen LogP contribution in [0.15, 0.2) is 24.3 Å². The Morgan fingerprint density at radius 2 is 1.96 bits per heavy atom. The summed E-state index contributed by atoms with van der Waals surface area (Å²) in [4.78, 5) is 29.7. The molecular weight excluding hydrogens is 355 g/mol. The van der Waals surface area contributed by atoms with Crippen molar-refractivity contribution in [3.05, 3.63) is 35.0 Å². The summed E-state index contributed by atoms with van der Waals surface area (Å²) < 4.78 is 20.0. The second-order valence-electron chi connectivity index (χ2n) is 6.79. The summed E-state index contributed by atoms with van der Waals surface area (Å²) >= 11 is 1.31. The first kappa shape index (κ1) is 17.4. The van der Waals surface area contributed by atoms with Crippen molar-refractivity contribution in [3.63, 3.8) is 0 Å². The number of hydrogen-bond donors (Lipinski definition) is 0. The first-order valence-electron chi connectivity index (χ1n) is 8.97. The molecule has 0 saturated carbocycles. The SMILES string of the molecule is O=C(c1cc2c(F)cccc2s1)N1CCCC(C(=O)N2CCOCC2)C1. The van der Waals surface area contributed by atoms with Crippen molar-refractivity contribution in [1.82, 2.24) is 9.80 Å². The molecule has 2 fully saturated rings. The molecular formula is C19H21FN2O3S. The van der Waals surface area contributed by atoms with Gasteiger partial charge in [-0.2, -0.15) is 0 Å². The van der Waals surface area contributed by atoms with Gasteiger partial charge in [-0.1, -0.05) is 6.07 Å². The fraction of sp³-hybridized carbons (Fsp3) is 0.474. The Morgan fingerprint density at radius 3 is 2.73 bits per heavy atom. The molecule has 26 heavy (non-hydrogen) atoms. The van der Waals surface area contributed by atoms with Gasteiger partial charge in [0.05, 0.1) is 24.0 Å². The third kappa shape index (κ3) is 3.33. The number of morpholine rings is 1. The molecule has 1 atom stereocenters. The smallest absolute Gasteiger partial charge is 0.263 e. The van der Waals surface area contributed by atoms with E-state index in [1.807, 2.05) is 11.0 Å². The zero-order chi connectivity index (χ0) is 18.1. The summed E-state index contributed by atoms with van der Waals surface area (Å²) in [5, 5.41) is 0.485. The number of likely N-dealkylation sites (tertiary alicyclic amines) is 1. The van der Waals surface area contributed by atoms with Gasteiger partial charge in [0.1, 0.15) is 5.82 Å². The molecule has 2 saturated heterocycles. The van der Waals surface area contributed by atoms with E-state index in [4.69, 9.17) is 4.74 Å². The Hall–Kier alpha value is -1.99. The van der Waals surface area contributed by atoms with E-state index in [2.05, 4.69) is 0 Å². The lowest BCUT2D eigenvalue weighted by Crippen LogP contribution is -2.49. The van der Waals surface area contributed by atoms with Crippen molar-refractivity contribution in [2.45, 2.75) is 12.8 Å². The number of carbonyl (C=O) groups is 2. The van der Waals surface area contributed by atoms with Crippen molar-refractivity contribution in [1.29, 1.82) is 0 Å². The van der Waals surface area contributed by atoms with Gasteiger partial charge in [-0.25, -0.2) is 4.39 Å². The highest BCUT2D eigenvalue weighted by atomic mass is 32.1. The van der Waals surface area contributed by atoms with Gasteiger partial charge >= 0.3 is 0 Å². The van der Waals surface area contributed by atoms with Crippen molar-refractivity contribution in [2.24, 2.45) is 5.92 Å². The number of amides is 2. The molecule has 2 aliphatic rings. The Labute approximate surface area is 155 Å². The lowest BCUT2D eigenvalue weighted by molar-refractivity contribution is -0.141. The normalized spacial score (nSPS) is 21.2. The molecule has 0 bridgehead atoms. The second kappa shape index (κ2) is 7.32. The molecule has 2 aliphatic heterocycles. The highest BCUT2D eigenvalue weighted by Crippen LogP contribution is 2.30. The first-order chi connectivity index (χ1) is 12.6. The van der Waals surface area contributed by atoms with Gasteiger partial charge in [0.2, 0.25) is 5.91 Å². The largest absolute Gasteiger partial charge is 0.378 e. The fourth-order valence-corrected chi connectivity index (χ4v) is 4.73. The quantitative estimate of drug-likeness (QED) is 0.810. The van der Waals surface area contributed by atoms with Crippen LogP contribution < -0.4 is 0 Å². The number of ether oxygens (including phenoxy) is 1. The Kier molecular flexibility index (Phi) is 4.91. The Bertz CT molecular complexity index is 831. The Balaban J connectivity index is 1.48. The average Bonchev–Trinajstić information content (AvgIpc) is 3.13. The maximum atomic E-state index is 13.9. The lowest BCUT2D eigenvalue weighted by atomic mass is 9.96. The molecule has 0 spiro atoms. The summed E-state index contributed by atoms with van der Waals surface area (Å²) in [6.07, 6.45) is 1.62. The number of fused-ring (bicyclic) bond motifs is 1. The number of hydrogen-bond acceptors (Lipinski definition) is 4. The molecule has 0 radical (unpaired) electrons. The maximum absolute atomic E-state index is 13.9. The fourth-order valence-electron chi connectivity index (χ4n) is 3.69. The van der Waals surface area contributed by atoms with E-state index in [1.54, 1.807) is 17.0 Å². The van der Waals surface area contributed by atoms with Crippen LogP contribution >= 0.6 is 11.3 Å². The molecule has 138 valence electrons. The molecule has 1 aromatic heterocycles. The van der Waals surface area contributed by atoms with Gasteiger partial charge in [-0.3, -0.25) is 9.59 Å². The molecule has 1 aromatic carbocycles. The highest BCUT2D eigenvalue weighted by molar-refractivity contribution is 7.20. The van der Waals surface area contributed by atoms with Crippen LogP contribution in [0.3, 0.4) is 0 Å². The van der Waals surface area contributed by atoms with Crippen LogP contribution in [0.4, 0.5) is 4.39 Å². The lowest BCUT2D eigenvalue weighted by Gasteiger charge is -2.36. The third-order valence-corrected chi connectivity index (χ3v) is 6.19. The van der Waals surface area contributed by atoms with E-state index in [-0.39, 0.29) is 23.5 Å². The van der Waals surface area contributed by atoms with Crippen LogP contribution in [0, 0.1) is 11.7 Å². The monoisotopic (exact) mass is 376 g/mol. The minimum absolute atomic E-state index is 0.106. The topological polar surface area (TPSA) is 49.9 Å². The van der Waals surface area contributed by atoms with Crippen LogP contribution in [0.2, 0.25) is 0 Å². The summed E-state index contributed by atoms with van der Waals surface area (Å²) in [5.41, 5.74) is 0. The van der Waals surface area contributed by atoms with Gasteiger partial charge in [-0.15, -0.1) is 11.3 Å². The zero-order valence-electron chi connectivity index (χ0n) is 14.4. The van der Waals surface area contributed by atoms with Gasteiger partial charge in [0.25, 0.3) is 5.91 Å². The van der Waals surface area contributed by atoms with Crippen molar-refractivity contribution < 1.29 is 18.7 Å². The van der Waals surface area contributed by atoms with E-state index in [1.165, 1.54) is 17.4 Å². The zero-order valence-corrected chi connectivity index (χ0v) is 15.3. The first-order valence-corrected chi connectivity index (χ1v) is 9.79. The highest BCUT2D eigenvalue weighted by Gasteiger charge is 2.32. The molecule has 2 aromatic rings. The van der Waals surface area contributed by atoms with E-state index in [9.17, 15) is 14.0 Å². The van der Waals surface area contributed by atoms with Crippen molar-refractivity contribution in [3.8, 4) is 0 Å². The number of piperidine rings is 1. The standard InChI is InChI=1S/C19H21FN2O3S/c20-15-4-1-5-16-14(15)11-17(26-16)19(24)22-6-2-3-13(12-22)18(23)21-7-9-25-10-8-21/h1,4-5,11,13H,2-3,6-10,12H2. The van der Waals surface area contributed by atoms with E-state index in [0.717, 1.165) is 17.5 Å². The third-order valence-electron chi connectivity index (χ3n) is 5.10. The van der Waals surface area contributed by atoms with E-state index >= 15 is 0 Å². The van der Waals surface area contributed by atoms with Gasteiger partial charge in [0, 0.05) is 36.3 Å². The summed E-state index contributed by atoms with van der Waals surface area (Å²) in [6.45, 7) is 3.48. The number of rotatable bonds is 2. The van der Waals surface area contributed by atoms with E-state index in [0.29, 0.717) is 49.7 Å². The predicted octanol–water partition coefficient (Wildman–Crippen LogP) is 2.75. The molecule has 2 amide bonds. The minimum Gasteiger partial charge on any atom is -0.378 e. The maximum Gasteiger partial charge on any atom is 0.263 e. The molecule has 1 unspecified atom stereocenters. The second-order valence-corrected chi connectivity index (χ2v) is 7.87. The van der Waals surface area contributed by atoms with E-state index < -0.39 is 0 Å². The van der Waals surface area contributed by atoms with Gasteiger partial charge < -0.3 is 14.5 Å².